The molecule has 1 aromatic rings. The summed E-state index contributed by atoms with van der Waals surface area (Å²) >= 11 is 0. The second-order valence-corrected chi connectivity index (χ2v) is 7.08. The number of carbonyl (C=O) groups excluding carboxylic acids is 2. The number of aliphatic hydroxyl groups is 1. The van der Waals surface area contributed by atoms with E-state index in [9.17, 15) is 28.4 Å². The summed E-state index contributed by atoms with van der Waals surface area (Å²) in [5.41, 5.74) is -1.10. The summed E-state index contributed by atoms with van der Waals surface area (Å²) in [6, 6.07) is 1.24. The first kappa shape index (κ1) is 22.6. The van der Waals surface area contributed by atoms with Crippen LogP contribution < -0.4 is 10.6 Å². The molecule has 1 rings (SSSR count). The molecule has 150 valence electrons. The van der Waals surface area contributed by atoms with E-state index in [0.29, 0.717) is 12.5 Å². The zero-order valence-electron chi connectivity index (χ0n) is 15.8. The third kappa shape index (κ3) is 6.06. The number of benzene rings is 1. The zero-order chi connectivity index (χ0) is 20.8. The highest BCUT2D eigenvalue weighted by Gasteiger charge is 2.34. The average molecular weight is 385 g/mol. The van der Waals surface area contributed by atoms with Gasteiger partial charge in [-0.1, -0.05) is 25.9 Å². The van der Waals surface area contributed by atoms with Crippen LogP contribution in [0.3, 0.4) is 0 Å². The first-order valence-corrected chi connectivity index (χ1v) is 8.57. The highest BCUT2D eigenvalue weighted by atomic mass is 19.1. The van der Waals surface area contributed by atoms with Gasteiger partial charge in [-0.15, -0.1) is 0 Å². The van der Waals surface area contributed by atoms with E-state index < -0.39 is 41.0 Å². The van der Waals surface area contributed by atoms with Crippen LogP contribution in [-0.4, -0.2) is 42.2 Å². The van der Waals surface area contributed by atoms with Gasteiger partial charge in [0, 0.05) is 24.1 Å². The quantitative estimate of drug-likeness (QED) is 0.564. The minimum atomic E-state index is -1.46. The Bertz CT molecular complexity index is 710. The van der Waals surface area contributed by atoms with Crippen LogP contribution in [-0.2, 0) is 11.2 Å². The topological polar surface area (TPSA) is 108 Å². The van der Waals surface area contributed by atoms with Crippen molar-refractivity contribution in [1.29, 1.82) is 0 Å². The maximum Gasteiger partial charge on any atom is 0.254 e. The lowest BCUT2D eigenvalue weighted by Crippen LogP contribution is -2.49. The maximum absolute atomic E-state index is 13.9. The first-order chi connectivity index (χ1) is 12.5. The third-order valence-corrected chi connectivity index (χ3v) is 4.18. The van der Waals surface area contributed by atoms with Crippen LogP contribution in [0.1, 0.15) is 43.6 Å². The standard InChI is InChI=1S/C18H25F2N3O4/c1-5-11-6-12(14(20)7-13(11)19)16(25)23-10(2)8-21-17(26)15(24)18(3,4)9-22-27/h6-7,10,15,24H,5,8-9H2,1-4H3,(H,21,26)(H,23,25)/t10?,15-/m0/s1. The maximum atomic E-state index is 13.9. The molecule has 0 aliphatic carbocycles. The Morgan fingerprint density at radius 3 is 2.44 bits per heavy atom. The van der Waals surface area contributed by atoms with E-state index in [2.05, 4.69) is 15.8 Å². The van der Waals surface area contributed by atoms with Crippen LogP contribution in [0.25, 0.3) is 0 Å². The monoisotopic (exact) mass is 385 g/mol. The number of nitrogens with zero attached hydrogens (tertiary/aromatic N) is 1. The summed E-state index contributed by atoms with van der Waals surface area (Å²) in [7, 11) is 0. The summed E-state index contributed by atoms with van der Waals surface area (Å²) in [4.78, 5) is 34.5. The summed E-state index contributed by atoms with van der Waals surface area (Å²) in [6.07, 6.45) is -1.15. The molecule has 0 aliphatic heterocycles. The Morgan fingerprint density at radius 1 is 1.26 bits per heavy atom. The molecule has 0 spiro atoms. The highest BCUT2D eigenvalue weighted by Crippen LogP contribution is 2.21. The Balaban J connectivity index is 2.67. The number of hydrogen-bond acceptors (Lipinski definition) is 5. The number of carbonyl (C=O) groups is 2. The fourth-order valence-electron chi connectivity index (χ4n) is 2.35. The molecule has 0 aliphatic rings. The normalized spacial score (nSPS) is 13.6. The van der Waals surface area contributed by atoms with Gasteiger partial charge in [-0.25, -0.2) is 8.78 Å². The molecular weight excluding hydrogens is 360 g/mol. The van der Waals surface area contributed by atoms with Gasteiger partial charge in [0.05, 0.1) is 12.1 Å². The van der Waals surface area contributed by atoms with E-state index in [1.54, 1.807) is 13.8 Å². The predicted molar refractivity (Wildman–Crippen MR) is 96.1 cm³/mol. The van der Waals surface area contributed by atoms with Crippen molar-refractivity contribution in [1.82, 2.24) is 10.6 Å². The lowest BCUT2D eigenvalue weighted by atomic mass is 9.86. The lowest BCUT2D eigenvalue weighted by Gasteiger charge is -2.27. The molecule has 0 radical (unpaired) electrons. The van der Waals surface area contributed by atoms with Crippen molar-refractivity contribution in [2.75, 3.05) is 13.1 Å². The van der Waals surface area contributed by atoms with Crippen LogP contribution in [0.4, 0.5) is 8.78 Å². The van der Waals surface area contributed by atoms with E-state index >= 15 is 0 Å². The van der Waals surface area contributed by atoms with E-state index in [4.69, 9.17) is 0 Å². The molecule has 2 amide bonds. The van der Waals surface area contributed by atoms with E-state index in [-0.39, 0.29) is 24.2 Å². The molecule has 3 N–H and O–H groups in total. The number of rotatable bonds is 9. The molecule has 7 nitrogen and oxygen atoms in total. The second kappa shape index (κ2) is 9.50. The SMILES string of the molecule is CCc1cc(C(=O)NC(C)CNC(=O)[C@H](O)C(C)(C)CN=O)c(F)cc1F. The number of nitroso groups, excluding NO2 is 1. The summed E-state index contributed by atoms with van der Waals surface area (Å²) < 4.78 is 27.4. The van der Waals surface area contributed by atoms with Crippen molar-refractivity contribution in [3.63, 3.8) is 0 Å². The van der Waals surface area contributed by atoms with Gasteiger partial charge >= 0.3 is 0 Å². The summed E-state index contributed by atoms with van der Waals surface area (Å²) in [5.74, 6) is -3.15. The van der Waals surface area contributed by atoms with Crippen molar-refractivity contribution in [2.45, 2.75) is 46.3 Å². The van der Waals surface area contributed by atoms with Gasteiger partial charge in [-0.05, 0) is 25.0 Å². The molecule has 9 heteroatoms. The van der Waals surface area contributed by atoms with Crippen LogP contribution in [0, 0.1) is 22.0 Å². The summed E-state index contributed by atoms with van der Waals surface area (Å²) in [6.45, 7) is 6.03. The highest BCUT2D eigenvalue weighted by molar-refractivity contribution is 5.95. The molecule has 0 aromatic heterocycles. The number of amides is 2. The van der Waals surface area contributed by atoms with Gasteiger partial charge in [0.1, 0.15) is 17.7 Å². The number of aliphatic hydroxyl groups excluding tert-OH is 1. The minimum absolute atomic E-state index is 0.0321. The van der Waals surface area contributed by atoms with Gasteiger partial charge in [0.2, 0.25) is 5.91 Å². The molecule has 27 heavy (non-hydrogen) atoms. The Morgan fingerprint density at radius 2 is 1.89 bits per heavy atom. The van der Waals surface area contributed by atoms with Crippen molar-refractivity contribution in [3.05, 3.63) is 39.8 Å². The van der Waals surface area contributed by atoms with Crippen molar-refractivity contribution < 1.29 is 23.5 Å². The number of nitrogens with one attached hydrogen (secondary N) is 2. The van der Waals surface area contributed by atoms with E-state index in [0.717, 1.165) is 6.07 Å². The molecule has 2 atom stereocenters. The minimum Gasteiger partial charge on any atom is -0.383 e. The third-order valence-electron chi connectivity index (χ3n) is 4.18. The lowest BCUT2D eigenvalue weighted by molar-refractivity contribution is -0.134. The fraction of sp³-hybridized carbons (Fsp3) is 0.556. The van der Waals surface area contributed by atoms with Crippen molar-refractivity contribution in [2.24, 2.45) is 10.6 Å². The van der Waals surface area contributed by atoms with Crippen LogP contribution in [0.5, 0.6) is 0 Å². The largest absolute Gasteiger partial charge is 0.383 e. The van der Waals surface area contributed by atoms with Gasteiger partial charge < -0.3 is 15.7 Å². The molecule has 0 saturated carbocycles. The average Bonchev–Trinajstić information content (AvgIpc) is 2.58. The van der Waals surface area contributed by atoms with Crippen molar-refractivity contribution in [3.8, 4) is 0 Å². The molecule has 0 heterocycles. The van der Waals surface area contributed by atoms with Crippen LogP contribution in [0.15, 0.2) is 17.3 Å². The molecule has 0 bridgehead atoms. The van der Waals surface area contributed by atoms with Crippen LogP contribution in [0.2, 0.25) is 0 Å². The molecule has 1 unspecified atom stereocenters. The number of halogens is 2. The Kier molecular flexibility index (Phi) is 7.96. The molecule has 0 saturated heterocycles. The predicted octanol–water partition coefficient (Wildman–Crippen LogP) is 1.92. The molecule has 1 aromatic carbocycles. The number of hydrogen-bond donors (Lipinski definition) is 3. The number of aryl methyl sites for hydroxylation is 1. The van der Waals surface area contributed by atoms with Crippen LogP contribution >= 0.6 is 0 Å². The fourth-order valence-corrected chi connectivity index (χ4v) is 2.35. The smallest absolute Gasteiger partial charge is 0.254 e. The molecular formula is C18H25F2N3O4. The van der Waals surface area contributed by atoms with E-state index in [1.807, 2.05) is 0 Å². The van der Waals surface area contributed by atoms with Gasteiger partial charge in [-0.2, -0.15) is 4.91 Å². The van der Waals surface area contributed by atoms with Crippen molar-refractivity contribution >= 4 is 11.8 Å². The Labute approximate surface area is 156 Å². The zero-order valence-corrected chi connectivity index (χ0v) is 15.8. The molecule has 0 fully saturated rings. The first-order valence-electron chi connectivity index (χ1n) is 8.57. The van der Waals surface area contributed by atoms with Gasteiger partial charge in [0.25, 0.3) is 5.91 Å². The summed E-state index contributed by atoms with van der Waals surface area (Å²) in [5, 5.41) is 17.6. The van der Waals surface area contributed by atoms with Gasteiger partial charge in [0.15, 0.2) is 0 Å². The Hall–Kier alpha value is -2.42. The van der Waals surface area contributed by atoms with Gasteiger partial charge in [-0.3, -0.25) is 9.59 Å². The second-order valence-electron chi connectivity index (χ2n) is 7.08. The van der Waals surface area contributed by atoms with E-state index in [1.165, 1.54) is 13.8 Å².